The van der Waals surface area contributed by atoms with Gasteiger partial charge < -0.3 is 10.1 Å². The lowest BCUT2D eigenvalue weighted by Crippen LogP contribution is -2.36. The van der Waals surface area contributed by atoms with E-state index in [-0.39, 0.29) is 5.91 Å². The van der Waals surface area contributed by atoms with E-state index in [1.807, 2.05) is 12.1 Å². The molecule has 0 spiro atoms. The number of benzene rings is 1. The highest BCUT2D eigenvalue weighted by atomic mass is 35.5. The number of nitrogens with one attached hydrogen (secondary N) is 1. The monoisotopic (exact) mass is 423 g/mol. The number of ether oxygens (including phenoxy) is 1. The number of para-hydroxylation sites is 1. The molecule has 1 aromatic rings. The second-order valence-electron chi connectivity index (χ2n) is 8.08. The van der Waals surface area contributed by atoms with Crippen molar-refractivity contribution in [3.05, 3.63) is 29.3 Å². The fourth-order valence-corrected chi connectivity index (χ4v) is 3.64. The minimum atomic E-state index is -0.540. The Kier molecular flexibility index (Phi) is 15.7. The van der Waals surface area contributed by atoms with Crippen molar-refractivity contribution in [2.75, 3.05) is 6.54 Å². The van der Waals surface area contributed by atoms with Crippen LogP contribution in [0.4, 0.5) is 0 Å². The van der Waals surface area contributed by atoms with Gasteiger partial charge in [0.1, 0.15) is 5.75 Å². The number of amides is 1. The summed E-state index contributed by atoms with van der Waals surface area (Å²) in [5.41, 5.74) is 0. The van der Waals surface area contributed by atoms with Crippen molar-refractivity contribution >= 4 is 17.5 Å². The van der Waals surface area contributed by atoms with Crippen LogP contribution in [0.25, 0.3) is 0 Å². The summed E-state index contributed by atoms with van der Waals surface area (Å²) in [6.45, 7) is 4.74. The molecule has 0 bridgehead atoms. The molecule has 1 unspecified atom stereocenters. The first-order valence-corrected chi connectivity index (χ1v) is 12.2. The molecule has 0 saturated carbocycles. The van der Waals surface area contributed by atoms with Gasteiger partial charge in [0.15, 0.2) is 6.10 Å². The van der Waals surface area contributed by atoms with Gasteiger partial charge in [-0.05, 0) is 25.5 Å². The third-order valence-electron chi connectivity index (χ3n) is 5.34. The van der Waals surface area contributed by atoms with Gasteiger partial charge in [0.2, 0.25) is 0 Å². The second-order valence-corrected chi connectivity index (χ2v) is 8.48. The zero-order valence-corrected chi connectivity index (χ0v) is 19.4. The van der Waals surface area contributed by atoms with E-state index in [1.165, 1.54) is 83.5 Å². The molecule has 0 aliphatic heterocycles. The number of carbonyl (C=O) groups excluding carboxylic acids is 1. The first-order valence-electron chi connectivity index (χ1n) is 11.8. The van der Waals surface area contributed by atoms with E-state index in [0.29, 0.717) is 17.3 Å². The highest BCUT2D eigenvalue weighted by Gasteiger charge is 2.15. The summed E-state index contributed by atoms with van der Waals surface area (Å²) in [7, 11) is 0. The van der Waals surface area contributed by atoms with E-state index in [1.54, 1.807) is 19.1 Å². The number of carbonyl (C=O) groups is 1. The molecule has 1 N–H and O–H groups in total. The first kappa shape index (κ1) is 25.8. The zero-order chi connectivity index (χ0) is 21.2. The van der Waals surface area contributed by atoms with Crippen molar-refractivity contribution in [2.45, 2.75) is 110 Å². The summed E-state index contributed by atoms with van der Waals surface area (Å²) in [5.74, 6) is 0.466. The van der Waals surface area contributed by atoms with Crippen molar-refractivity contribution < 1.29 is 9.53 Å². The Hall–Kier alpha value is -1.22. The molecule has 29 heavy (non-hydrogen) atoms. The number of hydrogen-bond donors (Lipinski definition) is 1. The van der Waals surface area contributed by atoms with Crippen molar-refractivity contribution in [2.24, 2.45) is 0 Å². The van der Waals surface area contributed by atoms with Gasteiger partial charge in [-0.1, -0.05) is 114 Å². The average molecular weight is 424 g/mol. The number of unbranched alkanes of at least 4 members (excludes halogenated alkanes) is 13. The van der Waals surface area contributed by atoms with Crippen molar-refractivity contribution in [3.8, 4) is 5.75 Å². The van der Waals surface area contributed by atoms with E-state index >= 15 is 0 Å². The third-order valence-corrected chi connectivity index (χ3v) is 5.65. The molecule has 0 fully saturated rings. The van der Waals surface area contributed by atoms with Gasteiger partial charge in [0, 0.05) is 6.54 Å². The molecule has 3 nitrogen and oxygen atoms in total. The zero-order valence-electron chi connectivity index (χ0n) is 18.7. The van der Waals surface area contributed by atoms with Crippen LogP contribution in [0.15, 0.2) is 24.3 Å². The van der Waals surface area contributed by atoms with E-state index in [0.717, 1.165) is 6.42 Å². The van der Waals surface area contributed by atoms with Crippen LogP contribution in [0.5, 0.6) is 5.75 Å². The lowest BCUT2D eigenvalue weighted by Gasteiger charge is -2.15. The van der Waals surface area contributed by atoms with Gasteiger partial charge in [-0.15, -0.1) is 0 Å². The Morgan fingerprint density at radius 1 is 0.862 bits per heavy atom. The first-order chi connectivity index (χ1) is 14.1. The molecule has 166 valence electrons. The Morgan fingerprint density at radius 2 is 1.34 bits per heavy atom. The molecule has 1 aromatic carbocycles. The minimum Gasteiger partial charge on any atom is -0.479 e. The van der Waals surface area contributed by atoms with Crippen LogP contribution in [-0.2, 0) is 4.79 Å². The van der Waals surface area contributed by atoms with Gasteiger partial charge in [0.05, 0.1) is 5.02 Å². The number of rotatable bonds is 18. The summed E-state index contributed by atoms with van der Waals surface area (Å²) in [5, 5.41) is 3.49. The summed E-state index contributed by atoms with van der Waals surface area (Å²) >= 11 is 6.06. The van der Waals surface area contributed by atoms with Crippen LogP contribution >= 0.6 is 11.6 Å². The second kappa shape index (κ2) is 17.6. The van der Waals surface area contributed by atoms with E-state index in [2.05, 4.69) is 12.2 Å². The van der Waals surface area contributed by atoms with E-state index in [9.17, 15) is 4.79 Å². The van der Waals surface area contributed by atoms with E-state index in [4.69, 9.17) is 16.3 Å². The van der Waals surface area contributed by atoms with Crippen molar-refractivity contribution in [1.82, 2.24) is 5.32 Å². The minimum absolute atomic E-state index is 0.0837. The van der Waals surface area contributed by atoms with Crippen LogP contribution in [0.2, 0.25) is 5.02 Å². The van der Waals surface area contributed by atoms with Gasteiger partial charge in [-0.25, -0.2) is 0 Å². The summed E-state index contributed by atoms with van der Waals surface area (Å²) in [4.78, 5) is 12.1. The molecule has 0 aliphatic rings. The summed E-state index contributed by atoms with van der Waals surface area (Å²) in [6, 6.07) is 7.23. The highest BCUT2D eigenvalue weighted by molar-refractivity contribution is 6.32. The van der Waals surface area contributed by atoms with Gasteiger partial charge in [-0.3, -0.25) is 4.79 Å². The van der Waals surface area contributed by atoms with E-state index < -0.39 is 6.10 Å². The number of hydrogen-bond acceptors (Lipinski definition) is 2. The molecule has 0 saturated heterocycles. The Labute approximate surface area is 183 Å². The van der Waals surface area contributed by atoms with Crippen LogP contribution in [0.1, 0.15) is 104 Å². The topological polar surface area (TPSA) is 38.3 Å². The van der Waals surface area contributed by atoms with Crippen LogP contribution in [-0.4, -0.2) is 18.6 Å². The standard InChI is InChI=1S/C25H42ClNO2/c1-3-4-5-6-7-8-9-10-11-12-13-14-15-18-21-27-25(28)22(2)29-24-20-17-16-19-23(24)26/h16-17,19-20,22H,3-15,18,21H2,1-2H3,(H,27,28). The van der Waals surface area contributed by atoms with Crippen molar-refractivity contribution in [1.29, 1.82) is 0 Å². The molecule has 0 heterocycles. The fraction of sp³-hybridized carbons (Fsp3) is 0.720. The molecule has 1 rings (SSSR count). The lowest BCUT2D eigenvalue weighted by molar-refractivity contribution is -0.127. The maximum absolute atomic E-state index is 12.1. The maximum atomic E-state index is 12.1. The Morgan fingerprint density at radius 3 is 1.86 bits per heavy atom. The van der Waals surface area contributed by atoms with Crippen LogP contribution < -0.4 is 10.1 Å². The van der Waals surface area contributed by atoms with Crippen LogP contribution in [0, 0.1) is 0 Å². The quantitative estimate of drug-likeness (QED) is 0.245. The lowest BCUT2D eigenvalue weighted by atomic mass is 10.0. The normalized spacial score (nSPS) is 12.0. The van der Waals surface area contributed by atoms with Crippen molar-refractivity contribution in [3.63, 3.8) is 0 Å². The van der Waals surface area contributed by atoms with Crippen LogP contribution in [0.3, 0.4) is 0 Å². The molecule has 0 radical (unpaired) electrons. The predicted octanol–water partition coefficient (Wildman–Crippen LogP) is 7.70. The Balaban J connectivity index is 1.89. The Bertz CT molecular complexity index is 535. The number of halogens is 1. The van der Waals surface area contributed by atoms with Gasteiger partial charge >= 0.3 is 0 Å². The van der Waals surface area contributed by atoms with Gasteiger partial charge in [0.25, 0.3) is 5.91 Å². The highest BCUT2D eigenvalue weighted by Crippen LogP contribution is 2.24. The molecular formula is C25H42ClNO2. The molecule has 0 aliphatic carbocycles. The average Bonchev–Trinajstić information content (AvgIpc) is 2.72. The largest absolute Gasteiger partial charge is 0.479 e. The fourth-order valence-electron chi connectivity index (χ4n) is 3.46. The molecule has 0 aromatic heterocycles. The SMILES string of the molecule is CCCCCCCCCCCCCCCCNC(=O)C(C)Oc1ccccc1Cl. The molecule has 1 amide bonds. The predicted molar refractivity (Wildman–Crippen MR) is 125 cm³/mol. The molecule has 1 atom stereocenters. The maximum Gasteiger partial charge on any atom is 0.260 e. The third kappa shape index (κ3) is 13.6. The molecule has 4 heteroatoms. The summed E-state index contributed by atoms with van der Waals surface area (Å²) < 4.78 is 5.64. The summed E-state index contributed by atoms with van der Waals surface area (Å²) in [6.07, 6.45) is 18.2. The van der Waals surface area contributed by atoms with Gasteiger partial charge in [-0.2, -0.15) is 0 Å². The smallest absolute Gasteiger partial charge is 0.260 e. The molecular weight excluding hydrogens is 382 g/mol.